The third-order valence-electron chi connectivity index (χ3n) is 2.99. The van der Waals surface area contributed by atoms with Crippen molar-refractivity contribution in [2.24, 2.45) is 0 Å². The van der Waals surface area contributed by atoms with Gasteiger partial charge >= 0.3 is 0 Å². The predicted octanol–water partition coefficient (Wildman–Crippen LogP) is 1.70. The maximum Gasteiger partial charge on any atom is 0.276 e. The molecule has 0 radical (unpaired) electrons. The molecular weight excluding hydrogens is 270 g/mol. The molecule has 0 aromatic heterocycles. The molecule has 0 fully saturated rings. The number of carbonyl (C=O) groups is 1. The van der Waals surface area contributed by atoms with Gasteiger partial charge in [0.1, 0.15) is 0 Å². The molecule has 2 rings (SSSR count). The topological polar surface area (TPSA) is 66.7 Å². The highest BCUT2D eigenvalue weighted by atomic mass is 35.5. The number of nitro benzene ring substituents is 1. The molecule has 19 heavy (non-hydrogen) atoms. The van der Waals surface area contributed by atoms with Gasteiger partial charge in [-0.2, -0.15) is 0 Å². The maximum atomic E-state index is 12.1. The van der Waals surface area contributed by atoms with Gasteiger partial charge in [-0.25, -0.2) is 0 Å². The molecule has 1 aromatic carbocycles. The molecule has 0 saturated carbocycles. The molecule has 0 bridgehead atoms. The van der Waals surface area contributed by atoms with Crippen LogP contribution in [0.2, 0.25) is 5.02 Å². The predicted molar refractivity (Wildman–Crippen MR) is 72.7 cm³/mol. The quantitative estimate of drug-likeness (QED) is 0.625. The summed E-state index contributed by atoms with van der Waals surface area (Å²) in [5, 5.41) is 11.3. The number of amides is 1. The molecule has 6 nitrogen and oxygen atoms in total. The first-order valence-corrected chi connectivity index (χ1v) is 6.20. The molecule has 0 unspecified atom stereocenters. The van der Waals surface area contributed by atoms with Crippen molar-refractivity contribution in [3.8, 4) is 0 Å². The maximum absolute atomic E-state index is 12.1. The van der Waals surface area contributed by atoms with E-state index in [-0.39, 0.29) is 23.2 Å². The van der Waals surface area contributed by atoms with Crippen molar-refractivity contribution >= 4 is 28.9 Å². The van der Waals surface area contributed by atoms with Gasteiger partial charge in [0, 0.05) is 17.6 Å². The van der Waals surface area contributed by atoms with Crippen LogP contribution in [0.25, 0.3) is 0 Å². The highest BCUT2D eigenvalue weighted by molar-refractivity contribution is 6.31. The second-order valence-electron chi connectivity index (χ2n) is 4.71. The molecule has 1 aliphatic rings. The average molecular weight is 284 g/mol. The number of hydrogen-bond donors (Lipinski definition) is 0. The lowest BCUT2D eigenvalue weighted by Crippen LogP contribution is -2.36. The van der Waals surface area contributed by atoms with Crippen molar-refractivity contribution in [3.05, 3.63) is 32.8 Å². The van der Waals surface area contributed by atoms with E-state index in [1.54, 1.807) is 30.0 Å². The summed E-state index contributed by atoms with van der Waals surface area (Å²) in [6, 6.07) is 2.95. The van der Waals surface area contributed by atoms with Gasteiger partial charge in [0.15, 0.2) is 0 Å². The molecular formula is C12H14ClN3O3. The van der Waals surface area contributed by atoms with Crippen LogP contribution in [0.3, 0.4) is 0 Å². The summed E-state index contributed by atoms with van der Waals surface area (Å²) in [7, 11) is 3.60. The van der Waals surface area contributed by atoms with E-state index in [0.29, 0.717) is 24.2 Å². The van der Waals surface area contributed by atoms with Crippen molar-refractivity contribution in [2.45, 2.75) is 6.42 Å². The molecule has 0 spiro atoms. The normalized spacial score (nSPS) is 13.8. The van der Waals surface area contributed by atoms with Gasteiger partial charge in [-0.05, 0) is 26.6 Å². The summed E-state index contributed by atoms with van der Waals surface area (Å²) in [6.45, 7) is 0.725. The number of anilines is 1. The van der Waals surface area contributed by atoms with Crippen LogP contribution >= 0.6 is 11.6 Å². The van der Waals surface area contributed by atoms with Gasteiger partial charge in [0.2, 0.25) is 5.91 Å². The Bertz CT molecular complexity index is 545. The van der Waals surface area contributed by atoms with Crippen LogP contribution in [0, 0.1) is 10.1 Å². The zero-order valence-electron chi connectivity index (χ0n) is 10.7. The summed E-state index contributed by atoms with van der Waals surface area (Å²) in [6.07, 6.45) is 0.488. The largest absolute Gasteiger partial charge is 0.310 e. The van der Waals surface area contributed by atoms with Crippen LogP contribution in [0.15, 0.2) is 12.1 Å². The fourth-order valence-electron chi connectivity index (χ4n) is 2.23. The Morgan fingerprint density at radius 1 is 1.53 bits per heavy atom. The van der Waals surface area contributed by atoms with Crippen LogP contribution in [-0.4, -0.2) is 42.9 Å². The number of carbonyl (C=O) groups excluding carboxylic acids is 1. The summed E-state index contributed by atoms with van der Waals surface area (Å²) < 4.78 is 0. The Morgan fingerprint density at radius 3 is 2.79 bits per heavy atom. The Labute approximate surface area is 115 Å². The molecule has 1 amide bonds. The van der Waals surface area contributed by atoms with E-state index >= 15 is 0 Å². The van der Waals surface area contributed by atoms with Crippen LogP contribution < -0.4 is 4.90 Å². The molecule has 0 atom stereocenters. The number of hydrogen-bond acceptors (Lipinski definition) is 4. The van der Waals surface area contributed by atoms with E-state index in [2.05, 4.69) is 0 Å². The lowest BCUT2D eigenvalue weighted by atomic mass is 10.1. The Hall–Kier alpha value is -1.66. The SMILES string of the molecule is CN(C)CC(=O)N1CCc2c1cc(Cl)cc2[N+](=O)[O-]. The fraction of sp³-hybridized carbons (Fsp3) is 0.417. The van der Waals surface area contributed by atoms with E-state index in [1.165, 1.54) is 6.07 Å². The first kappa shape index (κ1) is 13.8. The van der Waals surface area contributed by atoms with E-state index in [1.807, 2.05) is 0 Å². The second-order valence-corrected chi connectivity index (χ2v) is 5.15. The number of rotatable bonds is 3. The van der Waals surface area contributed by atoms with Crippen LogP contribution in [0.5, 0.6) is 0 Å². The summed E-state index contributed by atoms with van der Waals surface area (Å²) in [5.74, 6) is -0.0830. The molecule has 102 valence electrons. The Kier molecular flexibility index (Phi) is 3.73. The standard InChI is InChI=1S/C12H14ClN3O3/c1-14(2)7-12(17)15-4-3-9-10(15)5-8(13)6-11(9)16(18)19/h5-6H,3-4,7H2,1-2H3. The van der Waals surface area contributed by atoms with Crippen molar-refractivity contribution in [3.63, 3.8) is 0 Å². The Morgan fingerprint density at radius 2 is 2.21 bits per heavy atom. The fourth-order valence-corrected chi connectivity index (χ4v) is 2.43. The summed E-state index contributed by atoms with van der Waals surface area (Å²) >= 11 is 5.90. The first-order chi connectivity index (χ1) is 8.90. The third-order valence-corrected chi connectivity index (χ3v) is 3.21. The minimum atomic E-state index is -0.454. The highest BCUT2D eigenvalue weighted by Gasteiger charge is 2.31. The summed E-state index contributed by atoms with van der Waals surface area (Å²) in [4.78, 5) is 26.0. The van der Waals surface area contributed by atoms with Crippen LogP contribution in [0.4, 0.5) is 11.4 Å². The number of nitro groups is 1. The van der Waals surface area contributed by atoms with E-state index in [4.69, 9.17) is 11.6 Å². The van der Waals surface area contributed by atoms with E-state index in [0.717, 1.165) is 0 Å². The van der Waals surface area contributed by atoms with Crippen molar-refractivity contribution in [1.29, 1.82) is 0 Å². The monoisotopic (exact) mass is 283 g/mol. The lowest BCUT2D eigenvalue weighted by molar-refractivity contribution is -0.385. The highest BCUT2D eigenvalue weighted by Crippen LogP contribution is 2.37. The van der Waals surface area contributed by atoms with Crippen molar-refractivity contribution in [2.75, 3.05) is 32.1 Å². The molecule has 1 heterocycles. The third kappa shape index (κ3) is 2.69. The minimum Gasteiger partial charge on any atom is -0.310 e. The summed E-state index contributed by atoms with van der Waals surface area (Å²) in [5.41, 5.74) is 1.13. The number of nitrogens with zero attached hydrogens (tertiary/aromatic N) is 3. The smallest absolute Gasteiger partial charge is 0.276 e. The van der Waals surface area contributed by atoms with Crippen LogP contribution in [-0.2, 0) is 11.2 Å². The molecule has 0 N–H and O–H groups in total. The molecule has 1 aromatic rings. The van der Waals surface area contributed by atoms with Gasteiger partial charge < -0.3 is 9.80 Å². The number of likely N-dealkylation sites (N-methyl/N-ethyl adjacent to an activating group) is 1. The van der Waals surface area contributed by atoms with E-state index in [9.17, 15) is 14.9 Å². The second kappa shape index (κ2) is 5.14. The molecule has 1 aliphatic heterocycles. The van der Waals surface area contributed by atoms with Crippen molar-refractivity contribution in [1.82, 2.24) is 4.90 Å². The van der Waals surface area contributed by atoms with E-state index < -0.39 is 4.92 Å². The zero-order valence-corrected chi connectivity index (χ0v) is 11.5. The minimum absolute atomic E-state index is 0.0114. The Balaban J connectivity index is 2.39. The first-order valence-electron chi connectivity index (χ1n) is 5.82. The van der Waals surface area contributed by atoms with Gasteiger partial charge in [0.25, 0.3) is 5.69 Å². The molecule has 0 aliphatic carbocycles. The average Bonchev–Trinajstić information content (AvgIpc) is 2.70. The number of benzene rings is 1. The van der Waals surface area contributed by atoms with Crippen LogP contribution in [0.1, 0.15) is 5.56 Å². The van der Waals surface area contributed by atoms with Gasteiger partial charge in [-0.1, -0.05) is 11.6 Å². The van der Waals surface area contributed by atoms with Crippen molar-refractivity contribution < 1.29 is 9.72 Å². The molecule has 7 heteroatoms. The van der Waals surface area contributed by atoms with Gasteiger partial charge in [0.05, 0.1) is 22.7 Å². The lowest BCUT2D eigenvalue weighted by Gasteiger charge is -2.19. The molecule has 0 saturated heterocycles. The van der Waals surface area contributed by atoms with Gasteiger partial charge in [-0.15, -0.1) is 0 Å². The number of halogens is 1. The van der Waals surface area contributed by atoms with Gasteiger partial charge in [-0.3, -0.25) is 14.9 Å². The number of fused-ring (bicyclic) bond motifs is 1. The zero-order chi connectivity index (χ0) is 14.2.